The molecule has 0 amide bonds. The molecule has 0 aromatic rings. The summed E-state index contributed by atoms with van der Waals surface area (Å²) in [6.45, 7) is 0.850. The van der Waals surface area contributed by atoms with Gasteiger partial charge in [0.15, 0.2) is 0 Å². The van der Waals surface area contributed by atoms with E-state index >= 15 is 0 Å². The lowest BCUT2D eigenvalue weighted by Gasteiger charge is -2.38. The van der Waals surface area contributed by atoms with Crippen molar-refractivity contribution in [3.63, 3.8) is 0 Å². The van der Waals surface area contributed by atoms with Crippen molar-refractivity contribution in [1.29, 1.82) is 0 Å². The fourth-order valence-corrected chi connectivity index (χ4v) is 1.54. The summed E-state index contributed by atoms with van der Waals surface area (Å²) in [5, 5.41) is 18.7. The van der Waals surface area contributed by atoms with Crippen LogP contribution in [0.4, 0.5) is 0 Å². The number of aliphatic hydroxyl groups excluding tert-OH is 2. The Labute approximate surface area is 90.7 Å². The molecule has 5 nitrogen and oxygen atoms in total. The fraction of sp³-hybridized carbons (Fsp3) is 1.00. The predicted octanol–water partition coefficient (Wildman–Crippen LogP) is -1.27. The van der Waals surface area contributed by atoms with E-state index in [1.165, 1.54) is 0 Å². The van der Waals surface area contributed by atoms with E-state index in [1.54, 1.807) is 7.11 Å². The first-order valence-electron chi connectivity index (χ1n) is 4.97. The molecule has 86 valence electrons. The van der Waals surface area contributed by atoms with Gasteiger partial charge in [-0.05, 0) is 5.82 Å². The largest absolute Gasteiger partial charge is 0.394 e. The molecule has 1 fully saturated rings. The van der Waals surface area contributed by atoms with Crippen LogP contribution in [0.3, 0.4) is 0 Å². The van der Waals surface area contributed by atoms with Gasteiger partial charge < -0.3 is 24.4 Å². The zero-order valence-corrected chi connectivity index (χ0v) is 8.83. The summed E-state index contributed by atoms with van der Waals surface area (Å²) < 4.78 is 15.4. The Morgan fingerprint density at radius 3 is 2.80 bits per heavy atom. The van der Waals surface area contributed by atoms with E-state index in [2.05, 4.69) is 0 Å². The maximum absolute atomic E-state index is 9.77. The van der Waals surface area contributed by atoms with Gasteiger partial charge in [0.2, 0.25) is 0 Å². The molecule has 15 heavy (non-hydrogen) atoms. The Kier molecular flexibility index (Phi) is 5.56. The molecule has 0 unspecified atom stereocenters. The minimum absolute atomic E-state index is 0.238. The third-order valence-corrected chi connectivity index (χ3v) is 2.42. The SMILES string of the molecule is [B][C@@H]1CO[C@H](CO)[C@@H](O)[C@H]1OCCOC. The number of hydrogen-bond donors (Lipinski definition) is 2. The Hall–Kier alpha value is -0.135. The molecule has 0 saturated carbocycles. The molecular formula is C9H17BO5. The summed E-state index contributed by atoms with van der Waals surface area (Å²) in [5.41, 5.74) is 0. The lowest BCUT2D eigenvalue weighted by atomic mass is 9.78. The molecule has 0 bridgehead atoms. The second-order valence-electron chi connectivity index (χ2n) is 3.54. The molecule has 1 heterocycles. The fourth-order valence-electron chi connectivity index (χ4n) is 1.54. The van der Waals surface area contributed by atoms with Gasteiger partial charge in [0.05, 0.1) is 33.8 Å². The normalized spacial score (nSPS) is 36.7. The molecule has 0 aromatic heterocycles. The van der Waals surface area contributed by atoms with E-state index in [0.717, 1.165) is 0 Å². The van der Waals surface area contributed by atoms with E-state index < -0.39 is 18.3 Å². The van der Waals surface area contributed by atoms with Crippen LogP contribution in [0.25, 0.3) is 0 Å². The number of hydrogen-bond acceptors (Lipinski definition) is 5. The van der Waals surface area contributed by atoms with Crippen molar-refractivity contribution in [3.8, 4) is 0 Å². The Morgan fingerprint density at radius 1 is 1.47 bits per heavy atom. The van der Waals surface area contributed by atoms with Crippen molar-refractivity contribution < 1.29 is 24.4 Å². The van der Waals surface area contributed by atoms with E-state index in [4.69, 9.17) is 27.2 Å². The van der Waals surface area contributed by atoms with Gasteiger partial charge in [0, 0.05) is 13.7 Å². The summed E-state index contributed by atoms with van der Waals surface area (Å²) >= 11 is 0. The summed E-state index contributed by atoms with van der Waals surface area (Å²) in [7, 11) is 7.31. The van der Waals surface area contributed by atoms with Crippen LogP contribution in [0.2, 0.25) is 5.82 Å². The maximum Gasteiger partial charge on any atom is 0.109 e. The molecule has 1 saturated heterocycles. The van der Waals surface area contributed by atoms with Gasteiger partial charge >= 0.3 is 0 Å². The number of aliphatic hydroxyl groups is 2. The minimum atomic E-state index is -0.893. The van der Waals surface area contributed by atoms with Crippen molar-refractivity contribution in [2.45, 2.75) is 24.1 Å². The van der Waals surface area contributed by atoms with E-state index in [-0.39, 0.29) is 19.0 Å². The molecule has 1 aliphatic heterocycles. The van der Waals surface area contributed by atoms with Crippen LogP contribution in [0, 0.1) is 0 Å². The summed E-state index contributed by atoms with van der Waals surface area (Å²) in [4.78, 5) is 0. The molecule has 1 rings (SSSR count). The first-order chi connectivity index (χ1) is 7.20. The highest BCUT2D eigenvalue weighted by Gasteiger charge is 2.37. The maximum atomic E-state index is 9.77. The van der Waals surface area contributed by atoms with Crippen molar-refractivity contribution in [1.82, 2.24) is 0 Å². The van der Waals surface area contributed by atoms with Crippen molar-refractivity contribution in [2.75, 3.05) is 33.5 Å². The summed E-state index contributed by atoms with van der Waals surface area (Å²) in [5.74, 6) is -0.375. The van der Waals surface area contributed by atoms with Gasteiger partial charge in [0.25, 0.3) is 0 Å². The molecule has 0 aromatic carbocycles. The second kappa shape index (κ2) is 6.45. The molecular weight excluding hydrogens is 199 g/mol. The summed E-state index contributed by atoms with van der Waals surface area (Å²) in [6.07, 6.45) is -2.01. The Balaban J connectivity index is 2.42. The number of ether oxygens (including phenoxy) is 3. The van der Waals surface area contributed by atoms with Crippen LogP contribution in [0.15, 0.2) is 0 Å². The van der Waals surface area contributed by atoms with Gasteiger partial charge in [0.1, 0.15) is 12.2 Å². The molecule has 6 heteroatoms. The van der Waals surface area contributed by atoms with Crippen molar-refractivity contribution in [3.05, 3.63) is 0 Å². The van der Waals surface area contributed by atoms with Gasteiger partial charge in [-0.1, -0.05) is 0 Å². The van der Waals surface area contributed by atoms with E-state index in [1.807, 2.05) is 0 Å². The Bertz CT molecular complexity index is 180. The summed E-state index contributed by atoms with van der Waals surface area (Å²) in [6, 6.07) is 0. The third kappa shape index (κ3) is 3.43. The molecule has 1 aliphatic rings. The lowest BCUT2D eigenvalue weighted by molar-refractivity contribution is -0.166. The second-order valence-corrected chi connectivity index (χ2v) is 3.54. The number of methoxy groups -OCH3 is 1. The monoisotopic (exact) mass is 216 g/mol. The third-order valence-electron chi connectivity index (χ3n) is 2.42. The van der Waals surface area contributed by atoms with Crippen LogP contribution >= 0.6 is 0 Å². The van der Waals surface area contributed by atoms with E-state index in [9.17, 15) is 5.11 Å². The smallest absolute Gasteiger partial charge is 0.109 e. The van der Waals surface area contributed by atoms with Crippen LogP contribution in [0.1, 0.15) is 0 Å². The Morgan fingerprint density at radius 2 is 2.20 bits per heavy atom. The number of rotatable bonds is 5. The van der Waals surface area contributed by atoms with Crippen LogP contribution in [-0.4, -0.2) is 69.9 Å². The van der Waals surface area contributed by atoms with Crippen molar-refractivity contribution in [2.24, 2.45) is 0 Å². The van der Waals surface area contributed by atoms with Gasteiger partial charge in [-0.2, -0.15) is 0 Å². The van der Waals surface area contributed by atoms with Crippen LogP contribution < -0.4 is 0 Å². The highest BCUT2D eigenvalue weighted by atomic mass is 16.6. The average Bonchev–Trinajstić information content (AvgIpc) is 2.23. The topological polar surface area (TPSA) is 68.2 Å². The zero-order valence-electron chi connectivity index (χ0n) is 8.83. The molecule has 0 aliphatic carbocycles. The lowest BCUT2D eigenvalue weighted by Crippen LogP contribution is -2.50. The van der Waals surface area contributed by atoms with E-state index in [0.29, 0.717) is 13.2 Å². The molecule has 0 spiro atoms. The van der Waals surface area contributed by atoms with Gasteiger partial charge in [-0.25, -0.2) is 0 Å². The van der Waals surface area contributed by atoms with Crippen LogP contribution in [-0.2, 0) is 14.2 Å². The predicted molar refractivity (Wildman–Crippen MR) is 54.0 cm³/mol. The quantitative estimate of drug-likeness (QED) is 0.443. The standard InChI is InChI=1S/C9H17BO5/c1-13-2-3-14-9-6(10)5-15-7(4-11)8(9)12/h6-9,11-12H,2-5H2,1H3/t6-,7-,8-,9+/m1/s1. The van der Waals surface area contributed by atoms with Gasteiger partial charge in [-0.3, -0.25) is 0 Å². The first-order valence-corrected chi connectivity index (χ1v) is 4.97. The van der Waals surface area contributed by atoms with Gasteiger partial charge in [-0.15, -0.1) is 0 Å². The van der Waals surface area contributed by atoms with Crippen molar-refractivity contribution >= 4 is 7.85 Å². The first kappa shape index (κ1) is 12.9. The highest BCUT2D eigenvalue weighted by Crippen LogP contribution is 2.24. The van der Waals surface area contributed by atoms with Crippen LogP contribution in [0.5, 0.6) is 0 Å². The zero-order chi connectivity index (χ0) is 11.3. The highest BCUT2D eigenvalue weighted by molar-refractivity contribution is 6.12. The molecule has 2 N–H and O–H groups in total. The minimum Gasteiger partial charge on any atom is -0.394 e. The average molecular weight is 216 g/mol. The molecule has 2 radical (unpaired) electrons. The molecule has 4 atom stereocenters.